The molecule has 0 unspecified atom stereocenters. The van der Waals surface area contributed by atoms with Crippen molar-refractivity contribution in [2.45, 2.75) is 47.3 Å². The molecular formula is C24H24O2. The van der Waals surface area contributed by atoms with E-state index in [4.69, 9.17) is 22.3 Å². The Morgan fingerprint density at radius 1 is 0.731 bits per heavy atom. The first kappa shape index (κ1) is 21.3. The predicted molar refractivity (Wildman–Crippen MR) is 105 cm³/mol. The summed E-state index contributed by atoms with van der Waals surface area (Å²) < 4.78 is 11.6. The smallest absolute Gasteiger partial charge is 0.302 e. The second-order valence-corrected chi connectivity index (χ2v) is 7.90. The first-order valence-electron chi connectivity index (χ1n) is 8.27. The summed E-state index contributed by atoms with van der Waals surface area (Å²) in [6.07, 6.45) is 10.8. The molecule has 0 aromatic rings. The summed E-state index contributed by atoms with van der Waals surface area (Å²) in [5, 5.41) is 0. The van der Waals surface area contributed by atoms with Gasteiger partial charge in [0.2, 0.25) is 0 Å². The molecule has 26 heavy (non-hydrogen) atoms. The van der Waals surface area contributed by atoms with Crippen molar-refractivity contribution in [2.75, 3.05) is 13.2 Å². The second kappa shape index (κ2) is 8.11. The molecule has 0 aromatic heterocycles. The molecule has 0 radical (unpaired) electrons. The summed E-state index contributed by atoms with van der Waals surface area (Å²) in [7, 11) is 0. The van der Waals surface area contributed by atoms with Crippen LogP contribution >= 0.6 is 0 Å². The molecule has 2 nitrogen and oxygen atoms in total. The molecule has 1 rings (SSSR count). The molecule has 1 saturated heterocycles. The van der Waals surface area contributed by atoms with Gasteiger partial charge in [-0.1, -0.05) is 37.5 Å². The van der Waals surface area contributed by atoms with E-state index in [1.807, 2.05) is 41.5 Å². The average Bonchev–Trinajstić information content (AvgIpc) is 2.58. The largest absolute Gasteiger partial charge is 0.329 e. The first-order chi connectivity index (χ1) is 11.9. The van der Waals surface area contributed by atoms with Crippen molar-refractivity contribution in [2.24, 2.45) is 16.2 Å². The highest BCUT2D eigenvalue weighted by molar-refractivity contribution is 5.40. The molecule has 132 valence electrons. The summed E-state index contributed by atoms with van der Waals surface area (Å²) in [6, 6.07) is 0. The normalized spacial score (nSPS) is 17.1. The molecule has 1 heterocycles. The van der Waals surface area contributed by atoms with Crippen molar-refractivity contribution < 1.29 is 9.47 Å². The van der Waals surface area contributed by atoms with Crippen molar-refractivity contribution >= 4 is 0 Å². The third-order valence-corrected chi connectivity index (χ3v) is 3.38. The number of terminal acetylenes is 2. The average molecular weight is 344 g/mol. The van der Waals surface area contributed by atoms with Crippen LogP contribution in [0.3, 0.4) is 0 Å². The Morgan fingerprint density at radius 3 is 1.46 bits per heavy atom. The highest BCUT2D eigenvalue weighted by Crippen LogP contribution is 2.28. The van der Waals surface area contributed by atoms with Crippen LogP contribution in [0.5, 0.6) is 0 Å². The standard InChI is InChI=1S/C24H24O2/c1-9-21(3,4)15-11-13-17-24(25-19-23(7,8)20-26-24)18-14-12-16-22(5,6)10-2/h1-2H,19-20H2,3-8H3. The maximum absolute atomic E-state index is 5.81. The minimum absolute atomic E-state index is 0.110. The Labute approximate surface area is 158 Å². The summed E-state index contributed by atoms with van der Waals surface area (Å²) in [6.45, 7) is 12.4. The van der Waals surface area contributed by atoms with Gasteiger partial charge in [-0.05, 0) is 63.2 Å². The van der Waals surface area contributed by atoms with Crippen LogP contribution in [0.25, 0.3) is 0 Å². The molecule has 0 N–H and O–H groups in total. The lowest BCUT2D eigenvalue weighted by atomic mass is 9.94. The van der Waals surface area contributed by atoms with Gasteiger partial charge in [0.1, 0.15) is 0 Å². The van der Waals surface area contributed by atoms with Crippen LogP contribution in [0, 0.1) is 88.3 Å². The van der Waals surface area contributed by atoms with Crippen molar-refractivity contribution in [1.82, 2.24) is 0 Å². The SMILES string of the molecule is C#CC(C)(C)C#CC#CC1(C#CC#CC(C)(C)C#C)OCC(C)(C)CO1. The van der Waals surface area contributed by atoms with Crippen LogP contribution in [0.4, 0.5) is 0 Å². The minimum atomic E-state index is -1.35. The van der Waals surface area contributed by atoms with Crippen molar-refractivity contribution in [3.63, 3.8) is 0 Å². The number of rotatable bonds is 0. The molecule has 0 spiro atoms. The third-order valence-electron chi connectivity index (χ3n) is 3.38. The molecule has 0 saturated carbocycles. The monoisotopic (exact) mass is 344 g/mol. The maximum atomic E-state index is 5.81. The fourth-order valence-corrected chi connectivity index (χ4v) is 1.53. The highest BCUT2D eigenvalue weighted by Gasteiger charge is 2.38. The fourth-order valence-electron chi connectivity index (χ4n) is 1.53. The molecule has 1 aliphatic rings. The van der Waals surface area contributed by atoms with Crippen molar-refractivity contribution in [1.29, 1.82) is 0 Å². The molecule has 1 fully saturated rings. The van der Waals surface area contributed by atoms with Gasteiger partial charge < -0.3 is 9.47 Å². The predicted octanol–water partition coefficient (Wildman–Crippen LogP) is 3.09. The van der Waals surface area contributed by atoms with E-state index < -0.39 is 16.6 Å². The van der Waals surface area contributed by atoms with Gasteiger partial charge in [-0.25, -0.2) is 0 Å². The van der Waals surface area contributed by atoms with Crippen LogP contribution in [-0.2, 0) is 9.47 Å². The zero-order chi connectivity index (χ0) is 19.9. The molecule has 2 heteroatoms. The lowest BCUT2D eigenvalue weighted by molar-refractivity contribution is -0.234. The lowest BCUT2D eigenvalue weighted by Crippen LogP contribution is -2.45. The minimum Gasteiger partial charge on any atom is -0.329 e. The Kier molecular flexibility index (Phi) is 6.65. The van der Waals surface area contributed by atoms with E-state index in [0.717, 1.165) is 0 Å². The van der Waals surface area contributed by atoms with E-state index >= 15 is 0 Å². The van der Waals surface area contributed by atoms with Crippen molar-refractivity contribution in [3.05, 3.63) is 0 Å². The maximum Gasteiger partial charge on any atom is 0.302 e. The molecule has 0 atom stereocenters. The quantitative estimate of drug-likeness (QED) is 0.629. The fraction of sp³-hybridized carbons (Fsp3) is 0.500. The van der Waals surface area contributed by atoms with Crippen LogP contribution in [0.2, 0.25) is 0 Å². The summed E-state index contributed by atoms with van der Waals surface area (Å²) >= 11 is 0. The van der Waals surface area contributed by atoms with Gasteiger partial charge in [-0.2, -0.15) is 0 Å². The molecule has 0 amide bonds. The van der Waals surface area contributed by atoms with E-state index in [9.17, 15) is 0 Å². The van der Waals surface area contributed by atoms with Crippen LogP contribution in [-0.4, -0.2) is 19.0 Å². The Morgan fingerprint density at radius 2 is 1.12 bits per heavy atom. The van der Waals surface area contributed by atoms with Gasteiger partial charge in [0.25, 0.3) is 0 Å². The van der Waals surface area contributed by atoms with E-state index in [-0.39, 0.29) is 5.41 Å². The van der Waals surface area contributed by atoms with Gasteiger partial charge in [0, 0.05) is 5.41 Å². The van der Waals surface area contributed by atoms with Crippen molar-refractivity contribution in [3.8, 4) is 72.1 Å². The van der Waals surface area contributed by atoms with Gasteiger partial charge in [-0.3, -0.25) is 0 Å². The lowest BCUT2D eigenvalue weighted by Gasteiger charge is -2.37. The zero-order valence-electron chi connectivity index (χ0n) is 16.4. The van der Waals surface area contributed by atoms with E-state index in [1.54, 1.807) is 0 Å². The molecule has 0 bridgehead atoms. The Hall–Kier alpha value is -2.72. The number of ether oxygens (including phenoxy) is 2. The van der Waals surface area contributed by atoms with Crippen LogP contribution in [0.1, 0.15) is 41.5 Å². The van der Waals surface area contributed by atoms with Gasteiger partial charge >= 0.3 is 5.79 Å². The van der Waals surface area contributed by atoms with E-state index in [0.29, 0.717) is 13.2 Å². The Bertz CT molecular complexity index is 796. The Balaban J connectivity index is 3.13. The summed E-state index contributed by atoms with van der Waals surface area (Å²) in [5.74, 6) is 26.4. The van der Waals surface area contributed by atoms with Crippen LogP contribution in [0.15, 0.2) is 0 Å². The topological polar surface area (TPSA) is 18.5 Å². The van der Waals surface area contributed by atoms with Gasteiger partial charge in [0.15, 0.2) is 0 Å². The van der Waals surface area contributed by atoms with Gasteiger partial charge in [0.05, 0.1) is 24.0 Å². The second-order valence-electron chi connectivity index (χ2n) is 7.90. The van der Waals surface area contributed by atoms with Gasteiger partial charge in [-0.15, -0.1) is 12.8 Å². The van der Waals surface area contributed by atoms with E-state index in [2.05, 4.69) is 59.2 Å². The third kappa shape index (κ3) is 7.03. The number of hydrogen-bond acceptors (Lipinski definition) is 2. The highest BCUT2D eigenvalue weighted by atomic mass is 16.7. The molecule has 0 aromatic carbocycles. The van der Waals surface area contributed by atoms with E-state index in [1.165, 1.54) is 0 Å². The zero-order valence-corrected chi connectivity index (χ0v) is 16.4. The molecular weight excluding hydrogens is 320 g/mol. The summed E-state index contributed by atoms with van der Waals surface area (Å²) in [4.78, 5) is 0. The molecule has 0 aliphatic carbocycles. The molecule has 1 aliphatic heterocycles. The number of hydrogen-bond donors (Lipinski definition) is 0. The summed E-state index contributed by atoms with van der Waals surface area (Å²) in [5.41, 5.74) is -1.20. The first-order valence-corrected chi connectivity index (χ1v) is 8.27. The van der Waals surface area contributed by atoms with Crippen LogP contribution < -0.4 is 0 Å².